The first-order valence-corrected chi connectivity index (χ1v) is 11.1. The van der Waals surface area contributed by atoms with Crippen LogP contribution in [0.15, 0.2) is 78.5 Å². The summed E-state index contributed by atoms with van der Waals surface area (Å²) >= 11 is 0. The van der Waals surface area contributed by atoms with E-state index in [2.05, 4.69) is 4.98 Å². The number of benzene rings is 2. The number of aliphatic hydroxyl groups is 1. The van der Waals surface area contributed by atoms with Crippen LogP contribution in [0.1, 0.15) is 49.2 Å². The van der Waals surface area contributed by atoms with Gasteiger partial charge in [0.2, 0.25) is 0 Å². The molecule has 0 saturated carbocycles. The molecule has 2 heterocycles. The summed E-state index contributed by atoms with van der Waals surface area (Å²) in [5.74, 6) is -0.885. The van der Waals surface area contributed by atoms with Crippen LogP contribution in [-0.2, 0) is 21.5 Å². The van der Waals surface area contributed by atoms with Crippen LogP contribution >= 0.6 is 0 Å². The topological polar surface area (TPSA) is 79.7 Å². The van der Waals surface area contributed by atoms with Crippen molar-refractivity contribution in [3.05, 3.63) is 101 Å². The van der Waals surface area contributed by atoms with Gasteiger partial charge in [0.15, 0.2) is 0 Å². The molecule has 2 aromatic carbocycles. The standard InChI is InChI=1S/C28H28N2O4/c1-28(2,3)21-16-19(13-14-22(21)34-4)25(31)23-24(18-10-6-5-7-11-18)30(27(33)26(23)32)17-20-12-8-9-15-29-20/h5-16,24,31H,17H2,1-4H3/b25-23-. The number of carbonyl (C=O) groups is 2. The average molecular weight is 457 g/mol. The third-order valence-electron chi connectivity index (χ3n) is 5.99. The molecule has 1 aliphatic heterocycles. The van der Waals surface area contributed by atoms with Crippen molar-refractivity contribution in [3.63, 3.8) is 0 Å². The number of likely N-dealkylation sites (tertiary alicyclic amines) is 1. The van der Waals surface area contributed by atoms with Crippen LogP contribution in [0.4, 0.5) is 0 Å². The van der Waals surface area contributed by atoms with Crippen molar-refractivity contribution in [3.8, 4) is 5.75 Å². The zero-order valence-electron chi connectivity index (χ0n) is 19.8. The second-order valence-electron chi connectivity index (χ2n) is 9.32. The van der Waals surface area contributed by atoms with Gasteiger partial charge in [-0.05, 0) is 41.3 Å². The maximum atomic E-state index is 13.3. The van der Waals surface area contributed by atoms with Crippen molar-refractivity contribution in [2.75, 3.05) is 7.11 Å². The van der Waals surface area contributed by atoms with E-state index in [1.165, 1.54) is 4.90 Å². The number of hydrogen-bond acceptors (Lipinski definition) is 5. The summed E-state index contributed by atoms with van der Waals surface area (Å²) in [5, 5.41) is 11.4. The zero-order valence-corrected chi connectivity index (χ0v) is 19.8. The van der Waals surface area contributed by atoms with E-state index in [9.17, 15) is 14.7 Å². The van der Waals surface area contributed by atoms with Crippen molar-refractivity contribution in [1.29, 1.82) is 0 Å². The quantitative estimate of drug-likeness (QED) is 0.332. The van der Waals surface area contributed by atoms with E-state index in [4.69, 9.17) is 4.74 Å². The SMILES string of the molecule is COc1ccc(/C(O)=C2/C(=O)C(=O)N(Cc3ccccn3)C2c2ccccc2)cc1C(C)(C)C. The molecule has 4 rings (SSSR count). The summed E-state index contributed by atoms with van der Waals surface area (Å²) in [6.45, 7) is 6.29. The fourth-order valence-electron chi connectivity index (χ4n) is 4.29. The van der Waals surface area contributed by atoms with Gasteiger partial charge >= 0.3 is 0 Å². The molecule has 174 valence electrons. The summed E-state index contributed by atoms with van der Waals surface area (Å²) in [7, 11) is 1.60. The van der Waals surface area contributed by atoms with Crippen LogP contribution in [0.25, 0.3) is 5.76 Å². The van der Waals surface area contributed by atoms with Gasteiger partial charge in [0.1, 0.15) is 11.5 Å². The third-order valence-corrected chi connectivity index (χ3v) is 5.99. The number of pyridine rings is 1. The van der Waals surface area contributed by atoms with Crippen molar-refractivity contribution in [2.24, 2.45) is 0 Å². The molecule has 6 heteroatoms. The molecule has 1 amide bonds. The second-order valence-corrected chi connectivity index (χ2v) is 9.32. The summed E-state index contributed by atoms with van der Waals surface area (Å²) in [6, 6.07) is 19.3. The van der Waals surface area contributed by atoms with Gasteiger partial charge in [-0.25, -0.2) is 0 Å². The number of aromatic nitrogens is 1. The Bertz CT molecular complexity index is 1240. The molecule has 3 aromatic rings. The predicted molar refractivity (Wildman–Crippen MR) is 130 cm³/mol. The van der Waals surface area contributed by atoms with Gasteiger partial charge in [-0.15, -0.1) is 0 Å². The number of ketones is 1. The number of Topliss-reactive ketones (excluding diaryl/α,β-unsaturated/α-hetero) is 1. The lowest BCUT2D eigenvalue weighted by molar-refractivity contribution is -0.140. The van der Waals surface area contributed by atoms with Crippen molar-refractivity contribution in [2.45, 2.75) is 38.8 Å². The van der Waals surface area contributed by atoms with Gasteiger partial charge in [-0.3, -0.25) is 14.6 Å². The molecule has 0 radical (unpaired) electrons. The molecule has 6 nitrogen and oxygen atoms in total. The molecular formula is C28H28N2O4. The summed E-state index contributed by atoms with van der Waals surface area (Å²) in [5.41, 5.74) is 2.55. The number of hydrogen-bond donors (Lipinski definition) is 1. The lowest BCUT2D eigenvalue weighted by Crippen LogP contribution is -2.29. The maximum Gasteiger partial charge on any atom is 0.296 e. The monoisotopic (exact) mass is 456 g/mol. The minimum atomic E-state index is -0.733. The van der Waals surface area contributed by atoms with E-state index in [0.717, 1.165) is 11.1 Å². The molecule has 1 atom stereocenters. The van der Waals surface area contributed by atoms with Gasteiger partial charge in [-0.1, -0.05) is 57.2 Å². The number of aliphatic hydroxyl groups excluding tert-OH is 1. The number of rotatable bonds is 5. The Morgan fingerprint density at radius 2 is 1.74 bits per heavy atom. The van der Waals surface area contributed by atoms with Crippen LogP contribution in [-0.4, -0.2) is 33.8 Å². The summed E-state index contributed by atoms with van der Waals surface area (Å²) in [6.07, 6.45) is 1.65. The van der Waals surface area contributed by atoms with Gasteiger partial charge in [0.25, 0.3) is 11.7 Å². The molecule has 1 aliphatic rings. The molecule has 34 heavy (non-hydrogen) atoms. The molecule has 0 bridgehead atoms. The summed E-state index contributed by atoms with van der Waals surface area (Å²) < 4.78 is 5.51. The lowest BCUT2D eigenvalue weighted by atomic mass is 9.84. The molecule has 1 N–H and O–H groups in total. The van der Waals surface area contributed by atoms with Gasteiger partial charge in [0.05, 0.1) is 31.0 Å². The predicted octanol–water partition coefficient (Wildman–Crippen LogP) is 5.01. The maximum absolute atomic E-state index is 13.3. The Morgan fingerprint density at radius 1 is 1.03 bits per heavy atom. The van der Waals surface area contributed by atoms with Crippen LogP contribution < -0.4 is 4.74 Å². The third kappa shape index (κ3) is 4.31. The Balaban J connectivity index is 1.88. The van der Waals surface area contributed by atoms with E-state index < -0.39 is 17.7 Å². The Labute approximate surface area is 199 Å². The van der Waals surface area contributed by atoms with E-state index in [1.807, 2.05) is 63.2 Å². The van der Waals surface area contributed by atoms with Crippen LogP contribution in [0.5, 0.6) is 5.75 Å². The number of amides is 1. The first kappa shape index (κ1) is 23.2. The highest BCUT2D eigenvalue weighted by atomic mass is 16.5. The van der Waals surface area contributed by atoms with Crippen molar-refractivity contribution >= 4 is 17.4 Å². The van der Waals surface area contributed by atoms with Gasteiger partial charge in [-0.2, -0.15) is 0 Å². The first-order valence-electron chi connectivity index (χ1n) is 11.1. The van der Waals surface area contributed by atoms with Crippen molar-refractivity contribution in [1.82, 2.24) is 9.88 Å². The molecule has 1 saturated heterocycles. The van der Waals surface area contributed by atoms with Crippen LogP contribution in [0.3, 0.4) is 0 Å². The van der Waals surface area contributed by atoms with Crippen LogP contribution in [0.2, 0.25) is 0 Å². The minimum absolute atomic E-state index is 0.0668. The van der Waals surface area contributed by atoms with E-state index in [0.29, 0.717) is 17.0 Å². The Kier molecular flexibility index (Phi) is 6.24. The first-order chi connectivity index (χ1) is 16.2. The molecule has 0 spiro atoms. The molecule has 0 aliphatic carbocycles. The molecule has 1 fully saturated rings. The Hall–Kier alpha value is -3.93. The fraction of sp³-hybridized carbons (Fsp3) is 0.250. The van der Waals surface area contributed by atoms with Gasteiger partial charge in [0, 0.05) is 17.3 Å². The highest BCUT2D eigenvalue weighted by Gasteiger charge is 2.46. The lowest BCUT2D eigenvalue weighted by Gasteiger charge is -2.25. The van der Waals surface area contributed by atoms with E-state index in [-0.39, 0.29) is 23.3 Å². The molecular weight excluding hydrogens is 428 g/mol. The van der Waals surface area contributed by atoms with Crippen LogP contribution in [0, 0.1) is 0 Å². The fourth-order valence-corrected chi connectivity index (χ4v) is 4.29. The highest BCUT2D eigenvalue weighted by Crippen LogP contribution is 2.41. The molecule has 1 unspecified atom stereocenters. The minimum Gasteiger partial charge on any atom is -0.507 e. The Morgan fingerprint density at radius 3 is 2.35 bits per heavy atom. The number of methoxy groups -OCH3 is 1. The number of carbonyl (C=O) groups excluding carboxylic acids is 2. The van der Waals surface area contributed by atoms with Crippen molar-refractivity contribution < 1.29 is 19.4 Å². The summed E-state index contributed by atoms with van der Waals surface area (Å²) in [4.78, 5) is 32.2. The average Bonchev–Trinajstić information content (AvgIpc) is 3.08. The normalized spacial score (nSPS) is 17.8. The number of nitrogens with zero attached hydrogens (tertiary/aromatic N) is 2. The number of ether oxygens (including phenoxy) is 1. The van der Waals surface area contributed by atoms with E-state index >= 15 is 0 Å². The largest absolute Gasteiger partial charge is 0.507 e. The second kappa shape index (κ2) is 9.14. The zero-order chi connectivity index (χ0) is 24.5. The highest BCUT2D eigenvalue weighted by molar-refractivity contribution is 6.46. The smallest absolute Gasteiger partial charge is 0.296 e. The van der Waals surface area contributed by atoms with Gasteiger partial charge < -0.3 is 14.7 Å². The van der Waals surface area contributed by atoms with E-state index in [1.54, 1.807) is 37.6 Å². The molecule has 1 aromatic heterocycles.